The van der Waals surface area contributed by atoms with E-state index in [0.717, 1.165) is 0 Å². The zero-order valence-corrected chi connectivity index (χ0v) is 12.1. The summed E-state index contributed by atoms with van der Waals surface area (Å²) >= 11 is 3.18. The fourth-order valence-electron chi connectivity index (χ4n) is 1.44. The third-order valence-electron chi connectivity index (χ3n) is 2.41. The highest BCUT2D eigenvalue weighted by Gasteiger charge is 2.07. The number of anilines is 1. The van der Waals surface area contributed by atoms with Gasteiger partial charge in [-0.3, -0.25) is 10.9 Å². The molecule has 1 rings (SSSR count). The van der Waals surface area contributed by atoms with Crippen molar-refractivity contribution >= 4 is 27.6 Å². The maximum absolute atomic E-state index is 12.9. The molecule has 0 saturated carbocycles. The summed E-state index contributed by atoms with van der Waals surface area (Å²) in [6, 6.07) is 3.67. The lowest BCUT2D eigenvalue weighted by Gasteiger charge is -2.15. The van der Waals surface area contributed by atoms with Gasteiger partial charge >= 0.3 is 6.03 Å². The van der Waals surface area contributed by atoms with Crippen LogP contribution in [0.25, 0.3) is 0 Å². The van der Waals surface area contributed by atoms with Crippen molar-refractivity contribution in [3.63, 3.8) is 0 Å². The van der Waals surface area contributed by atoms with Crippen LogP contribution in [0.2, 0.25) is 0 Å². The van der Waals surface area contributed by atoms with Gasteiger partial charge in [0.15, 0.2) is 0 Å². The molecule has 7 heteroatoms. The van der Waals surface area contributed by atoms with E-state index in [4.69, 9.17) is 5.11 Å². The van der Waals surface area contributed by atoms with Crippen LogP contribution in [0.4, 0.5) is 14.9 Å². The molecule has 0 bridgehead atoms. The molecule has 1 atom stereocenters. The Bertz CT molecular complexity index is 431. The van der Waals surface area contributed by atoms with Crippen molar-refractivity contribution in [1.82, 2.24) is 10.7 Å². The van der Waals surface area contributed by atoms with Gasteiger partial charge in [0, 0.05) is 17.1 Å². The predicted octanol–water partition coefficient (Wildman–Crippen LogP) is 2.38. The van der Waals surface area contributed by atoms with Crippen LogP contribution in [0.5, 0.6) is 0 Å². The molecule has 106 valence electrons. The molecule has 0 fully saturated rings. The Labute approximate surface area is 119 Å². The summed E-state index contributed by atoms with van der Waals surface area (Å²) in [6.45, 7) is 1.96. The number of benzene rings is 1. The lowest BCUT2D eigenvalue weighted by molar-refractivity contribution is 0.236. The van der Waals surface area contributed by atoms with Crippen LogP contribution < -0.4 is 16.2 Å². The second-order valence-corrected chi connectivity index (χ2v) is 4.97. The number of carbonyl (C=O) groups is 1. The standard InChI is InChI=1S/C12H17BrFN3O2/c1-8(3-2-6-18)15-12(19)17-16-11-5-4-9(14)7-10(11)13/h4-5,7-8,16,18H,2-3,6H2,1H3,(H2,15,17,19). The number of hydrogen-bond acceptors (Lipinski definition) is 3. The Kier molecular flexibility index (Phi) is 6.58. The van der Waals surface area contributed by atoms with Crippen molar-refractivity contribution in [3.8, 4) is 0 Å². The van der Waals surface area contributed by atoms with Gasteiger partial charge in [-0.05, 0) is 53.9 Å². The maximum Gasteiger partial charge on any atom is 0.333 e. The fraction of sp³-hybridized carbons (Fsp3) is 0.417. The van der Waals surface area contributed by atoms with Crippen LogP contribution in [-0.2, 0) is 0 Å². The van der Waals surface area contributed by atoms with E-state index in [9.17, 15) is 9.18 Å². The van der Waals surface area contributed by atoms with E-state index in [0.29, 0.717) is 23.0 Å². The highest BCUT2D eigenvalue weighted by molar-refractivity contribution is 9.10. The zero-order valence-electron chi connectivity index (χ0n) is 10.5. The molecule has 0 heterocycles. The molecule has 0 radical (unpaired) electrons. The van der Waals surface area contributed by atoms with Gasteiger partial charge in [-0.15, -0.1) is 0 Å². The van der Waals surface area contributed by atoms with E-state index < -0.39 is 0 Å². The summed E-state index contributed by atoms with van der Waals surface area (Å²) in [5.41, 5.74) is 5.68. The quantitative estimate of drug-likeness (QED) is 0.604. The van der Waals surface area contributed by atoms with Crippen molar-refractivity contribution in [3.05, 3.63) is 28.5 Å². The van der Waals surface area contributed by atoms with Crippen LogP contribution in [0.15, 0.2) is 22.7 Å². The largest absolute Gasteiger partial charge is 0.396 e. The van der Waals surface area contributed by atoms with Gasteiger partial charge in [0.25, 0.3) is 0 Å². The van der Waals surface area contributed by atoms with Gasteiger partial charge in [-0.1, -0.05) is 0 Å². The van der Waals surface area contributed by atoms with Crippen molar-refractivity contribution < 1.29 is 14.3 Å². The third-order valence-corrected chi connectivity index (χ3v) is 3.07. The molecular weight excluding hydrogens is 317 g/mol. The average Bonchev–Trinajstić information content (AvgIpc) is 2.35. The third kappa shape index (κ3) is 5.89. The first-order valence-corrected chi connectivity index (χ1v) is 6.70. The number of amides is 2. The second kappa shape index (κ2) is 7.96. The lowest BCUT2D eigenvalue weighted by Crippen LogP contribution is -2.43. The van der Waals surface area contributed by atoms with E-state index in [-0.39, 0.29) is 24.5 Å². The Morgan fingerprint density at radius 1 is 1.53 bits per heavy atom. The fourth-order valence-corrected chi connectivity index (χ4v) is 1.89. The van der Waals surface area contributed by atoms with Crippen molar-refractivity contribution in [2.24, 2.45) is 0 Å². The summed E-state index contributed by atoms with van der Waals surface area (Å²) in [7, 11) is 0. The molecule has 0 aliphatic rings. The van der Waals surface area contributed by atoms with Crippen LogP contribution in [0, 0.1) is 5.82 Å². The maximum atomic E-state index is 12.9. The number of carbonyl (C=O) groups excluding carboxylic acids is 1. The zero-order chi connectivity index (χ0) is 14.3. The number of nitrogens with one attached hydrogen (secondary N) is 3. The van der Waals surface area contributed by atoms with E-state index in [2.05, 4.69) is 32.1 Å². The first-order chi connectivity index (χ1) is 9.02. The van der Waals surface area contributed by atoms with Gasteiger partial charge in [0.2, 0.25) is 0 Å². The summed E-state index contributed by atoms with van der Waals surface area (Å²) in [4.78, 5) is 11.5. The Balaban J connectivity index is 2.37. The number of aliphatic hydroxyl groups is 1. The molecule has 1 unspecified atom stereocenters. The SMILES string of the molecule is CC(CCCO)NC(=O)NNc1ccc(F)cc1Br. The van der Waals surface area contributed by atoms with Crippen molar-refractivity contribution in [2.75, 3.05) is 12.0 Å². The predicted molar refractivity (Wildman–Crippen MR) is 75.2 cm³/mol. The molecule has 5 nitrogen and oxygen atoms in total. The topological polar surface area (TPSA) is 73.4 Å². The highest BCUT2D eigenvalue weighted by atomic mass is 79.9. The Hall–Kier alpha value is -1.34. The summed E-state index contributed by atoms with van der Waals surface area (Å²) in [6.07, 6.45) is 1.34. The molecule has 19 heavy (non-hydrogen) atoms. The summed E-state index contributed by atoms with van der Waals surface area (Å²) in [5, 5.41) is 11.4. The second-order valence-electron chi connectivity index (χ2n) is 4.11. The number of halogens is 2. The molecule has 2 amide bonds. The lowest BCUT2D eigenvalue weighted by atomic mass is 10.2. The minimum atomic E-state index is -0.387. The molecule has 0 aliphatic carbocycles. The number of hydrazine groups is 1. The first-order valence-electron chi connectivity index (χ1n) is 5.91. The number of aliphatic hydroxyl groups excluding tert-OH is 1. The summed E-state index contributed by atoms with van der Waals surface area (Å²) in [5.74, 6) is -0.362. The van der Waals surface area contributed by atoms with Crippen LogP contribution in [0.1, 0.15) is 19.8 Å². The molecule has 0 aliphatic heterocycles. The smallest absolute Gasteiger partial charge is 0.333 e. The van der Waals surface area contributed by atoms with Gasteiger partial charge < -0.3 is 10.4 Å². The van der Waals surface area contributed by atoms with E-state index in [1.807, 2.05) is 6.92 Å². The number of hydrogen-bond donors (Lipinski definition) is 4. The summed E-state index contributed by atoms with van der Waals surface area (Å²) < 4.78 is 13.4. The van der Waals surface area contributed by atoms with Crippen molar-refractivity contribution in [1.29, 1.82) is 0 Å². The van der Waals surface area contributed by atoms with E-state index >= 15 is 0 Å². The van der Waals surface area contributed by atoms with Gasteiger partial charge in [0.05, 0.1) is 5.69 Å². The molecule has 0 saturated heterocycles. The molecule has 1 aromatic carbocycles. The van der Waals surface area contributed by atoms with Crippen molar-refractivity contribution in [2.45, 2.75) is 25.8 Å². The normalized spacial score (nSPS) is 11.8. The van der Waals surface area contributed by atoms with Crippen LogP contribution >= 0.6 is 15.9 Å². The monoisotopic (exact) mass is 333 g/mol. The minimum absolute atomic E-state index is 0.0365. The van der Waals surface area contributed by atoms with Crippen LogP contribution in [0.3, 0.4) is 0 Å². The van der Waals surface area contributed by atoms with E-state index in [1.165, 1.54) is 18.2 Å². The highest BCUT2D eigenvalue weighted by Crippen LogP contribution is 2.22. The first kappa shape index (κ1) is 15.7. The number of urea groups is 1. The minimum Gasteiger partial charge on any atom is -0.396 e. The number of rotatable bonds is 6. The Morgan fingerprint density at radius 3 is 2.89 bits per heavy atom. The molecule has 4 N–H and O–H groups in total. The van der Waals surface area contributed by atoms with Crippen LogP contribution in [-0.4, -0.2) is 23.8 Å². The van der Waals surface area contributed by atoms with Gasteiger partial charge in [-0.2, -0.15) is 0 Å². The average molecular weight is 334 g/mol. The molecule has 1 aromatic rings. The van der Waals surface area contributed by atoms with Gasteiger partial charge in [-0.25, -0.2) is 9.18 Å². The van der Waals surface area contributed by atoms with Gasteiger partial charge in [0.1, 0.15) is 5.82 Å². The Morgan fingerprint density at radius 2 is 2.26 bits per heavy atom. The molecule has 0 spiro atoms. The molecule has 0 aromatic heterocycles. The molecular formula is C12H17BrFN3O2. The van der Waals surface area contributed by atoms with E-state index in [1.54, 1.807) is 0 Å².